The normalized spacial score (nSPS) is 15.6. The van der Waals surface area contributed by atoms with E-state index >= 15 is 0 Å². The van der Waals surface area contributed by atoms with Crippen LogP contribution in [-0.2, 0) is 9.53 Å². The topological polar surface area (TPSA) is 26.3 Å². The molecule has 0 heterocycles. The van der Waals surface area contributed by atoms with E-state index in [1.165, 1.54) is 19.3 Å². The summed E-state index contributed by atoms with van der Waals surface area (Å²) in [5.41, 5.74) is -0.367. The van der Waals surface area contributed by atoms with Gasteiger partial charge in [0.1, 0.15) is 5.60 Å². The van der Waals surface area contributed by atoms with Gasteiger partial charge in [0.2, 0.25) is 0 Å². The van der Waals surface area contributed by atoms with Crippen molar-refractivity contribution in [3.8, 4) is 0 Å². The smallest absolute Gasteiger partial charge is 0.309 e. The van der Waals surface area contributed by atoms with Crippen LogP contribution in [0.3, 0.4) is 0 Å². The van der Waals surface area contributed by atoms with Gasteiger partial charge < -0.3 is 4.74 Å². The monoisotopic (exact) mass is 228 g/mol. The van der Waals surface area contributed by atoms with Gasteiger partial charge in [-0.1, -0.05) is 40.0 Å². The Hall–Kier alpha value is -0.530. The maximum Gasteiger partial charge on any atom is 0.309 e. The van der Waals surface area contributed by atoms with E-state index in [4.69, 9.17) is 4.74 Å². The second-order valence-electron chi connectivity index (χ2n) is 5.80. The van der Waals surface area contributed by atoms with Crippen LogP contribution >= 0.6 is 0 Å². The molecule has 0 aliphatic heterocycles. The van der Waals surface area contributed by atoms with E-state index in [1.54, 1.807) is 0 Å². The van der Waals surface area contributed by atoms with E-state index in [1.807, 2.05) is 27.7 Å². The van der Waals surface area contributed by atoms with Crippen LogP contribution in [0.2, 0.25) is 0 Å². The minimum absolute atomic E-state index is 0.0103. The van der Waals surface area contributed by atoms with Crippen molar-refractivity contribution >= 4 is 5.97 Å². The van der Waals surface area contributed by atoms with Crippen LogP contribution in [-0.4, -0.2) is 11.6 Å². The van der Waals surface area contributed by atoms with Gasteiger partial charge in [0.15, 0.2) is 0 Å². The molecule has 0 bridgehead atoms. The van der Waals surface area contributed by atoms with Gasteiger partial charge in [-0.25, -0.2) is 0 Å². The first kappa shape index (κ1) is 15.5. The van der Waals surface area contributed by atoms with E-state index in [2.05, 4.69) is 13.8 Å². The van der Waals surface area contributed by atoms with Crippen molar-refractivity contribution in [1.82, 2.24) is 0 Å². The molecule has 0 radical (unpaired) electrons. The summed E-state index contributed by atoms with van der Waals surface area (Å²) in [6.45, 7) is 12.1. The third-order valence-corrected chi connectivity index (χ3v) is 2.90. The summed E-state index contributed by atoms with van der Waals surface area (Å²) in [4.78, 5) is 11.8. The van der Waals surface area contributed by atoms with E-state index in [9.17, 15) is 4.79 Å². The average Bonchev–Trinajstić information content (AvgIpc) is 2.14. The van der Waals surface area contributed by atoms with Crippen molar-refractivity contribution < 1.29 is 9.53 Å². The van der Waals surface area contributed by atoms with E-state index in [-0.39, 0.29) is 17.5 Å². The Kier molecular flexibility index (Phi) is 6.70. The molecular formula is C14H28O2. The van der Waals surface area contributed by atoms with Crippen molar-refractivity contribution in [1.29, 1.82) is 0 Å². The molecule has 0 aromatic carbocycles. The fourth-order valence-electron chi connectivity index (χ4n) is 1.59. The van der Waals surface area contributed by atoms with Gasteiger partial charge in [-0.2, -0.15) is 0 Å². The number of esters is 1. The summed E-state index contributed by atoms with van der Waals surface area (Å²) in [5.74, 6) is 0.369. The summed E-state index contributed by atoms with van der Waals surface area (Å²) >= 11 is 0. The molecule has 2 atom stereocenters. The molecule has 2 heteroatoms. The molecule has 0 amide bonds. The first-order chi connectivity index (χ1) is 7.28. The molecule has 16 heavy (non-hydrogen) atoms. The summed E-state index contributed by atoms with van der Waals surface area (Å²) in [5, 5.41) is 0. The third kappa shape index (κ3) is 6.86. The van der Waals surface area contributed by atoms with Gasteiger partial charge in [-0.15, -0.1) is 0 Å². The number of carbonyl (C=O) groups excluding carboxylic acids is 1. The molecule has 0 saturated carbocycles. The average molecular weight is 228 g/mol. The van der Waals surface area contributed by atoms with Gasteiger partial charge in [-0.3, -0.25) is 4.79 Å². The van der Waals surface area contributed by atoms with Gasteiger partial charge in [0, 0.05) is 0 Å². The van der Waals surface area contributed by atoms with E-state index in [0.29, 0.717) is 5.92 Å². The van der Waals surface area contributed by atoms with Crippen LogP contribution in [0.1, 0.15) is 67.2 Å². The van der Waals surface area contributed by atoms with Gasteiger partial charge in [-0.05, 0) is 33.1 Å². The Labute approximate surface area is 101 Å². The summed E-state index contributed by atoms with van der Waals surface area (Å²) in [7, 11) is 0. The number of unbranched alkanes of at least 4 members (excludes halogenated alkanes) is 2. The molecule has 0 aliphatic carbocycles. The lowest BCUT2D eigenvalue weighted by Crippen LogP contribution is -2.30. The van der Waals surface area contributed by atoms with Gasteiger partial charge in [0.25, 0.3) is 0 Å². The maximum absolute atomic E-state index is 11.8. The SMILES string of the molecule is CCCCCC(C)[C@H](C)C(=O)OC(C)(C)C. The Balaban J connectivity index is 4.01. The second kappa shape index (κ2) is 6.93. The Morgan fingerprint density at radius 1 is 1.19 bits per heavy atom. The largest absolute Gasteiger partial charge is 0.460 e. The number of hydrogen-bond donors (Lipinski definition) is 0. The standard InChI is InChI=1S/C14H28O2/c1-7-8-9-10-11(2)12(3)13(15)16-14(4,5)6/h11-12H,7-10H2,1-6H3/t11?,12-/m0/s1. The van der Waals surface area contributed by atoms with Crippen LogP contribution in [0.4, 0.5) is 0 Å². The fourth-order valence-corrected chi connectivity index (χ4v) is 1.59. The van der Waals surface area contributed by atoms with E-state index in [0.717, 1.165) is 6.42 Å². The van der Waals surface area contributed by atoms with Crippen molar-refractivity contribution in [2.75, 3.05) is 0 Å². The molecule has 1 unspecified atom stereocenters. The predicted molar refractivity (Wildman–Crippen MR) is 68.3 cm³/mol. The van der Waals surface area contributed by atoms with Gasteiger partial charge in [0.05, 0.1) is 5.92 Å². The number of hydrogen-bond acceptors (Lipinski definition) is 2. The second-order valence-corrected chi connectivity index (χ2v) is 5.80. The molecule has 0 rings (SSSR count). The number of ether oxygens (including phenoxy) is 1. The van der Waals surface area contributed by atoms with Crippen LogP contribution in [0.25, 0.3) is 0 Å². The molecule has 0 N–H and O–H groups in total. The number of rotatable bonds is 6. The van der Waals surface area contributed by atoms with E-state index < -0.39 is 0 Å². The summed E-state index contributed by atoms with van der Waals surface area (Å²) in [6.07, 6.45) is 4.82. The fraction of sp³-hybridized carbons (Fsp3) is 0.929. The zero-order valence-electron chi connectivity index (χ0n) is 11.8. The van der Waals surface area contributed by atoms with Gasteiger partial charge >= 0.3 is 5.97 Å². The first-order valence-corrected chi connectivity index (χ1v) is 6.50. The lowest BCUT2D eigenvalue weighted by molar-refractivity contribution is -0.161. The zero-order valence-corrected chi connectivity index (χ0v) is 11.8. The highest BCUT2D eigenvalue weighted by Crippen LogP contribution is 2.22. The maximum atomic E-state index is 11.8. The third-order valence-electron chi connectivity index (χ3n) is 2.90. The molecule has 2 nitrogen and oxygen atoms in total. The lowest BCUT2D eigenvalue weighted by Gasteiger charge is -2.25. The summed E-state index contributed by atoms with van der Waals surface area (Å²) in [6, 6.07) is 0. The van der Waals surface area contributed by atoms with Crippen molar-refractivity contribution in [2.45, 2.75) is 72.8 Å². The minimum atomic E-state index is -0.367. The zero-order chi connectivity index (χ0) is 12.8. The Morgan fingerprint density at radius 3 is 2.19 bits per heavy atom. The predicted octanol–water partition coefficient (Wildman–Crippen LogP) is 4.18. The molecule has 0 aliphatic rings. The molecule has 0 fully saturated rings. The Morgan fingerprint density at radius 2 is 1.75 bits per heavy atom. The molecule has 0 spiro atoms. The molecule has 0 saturated heterocycles. The van der Waals surface area contributed by atoms with Crippen LogP contribution in [0, 0.1) is 11.8 Å². The molecular weight excluding hydrogens is 200 g/mol. The quantitative estimate of drug-likeness (QED) is 0.503. The Bertz CT molecular complexity index is 203. The van der Waals surface area contributed by atoms with Crippen molar-refractivity contribution in [2.24, 2.45) is 11.8 Å². The highest BCUT2D eigenvalue weighted by molar-refractivity contribution is 5.72. The van der Waals surface area contributed by atoms with Crippen molar-refractivity contribution in [3.63, 3.8) is 0 Å². The van der Waals surface area contributed by atoms with Crippen LogP contribution < -0.4 is 0 Å². The van der Waals surface area contributed by atoms with Crippen LogP contribution in [0.5, 0.6) is 0 Å². The molecule has 0 aromatic heterocycles. The van der Waals surface area contributed by atoms with Crippen molar-refractivity contribution in [3.05, 3.63) is 0 Å². The lowest BCUT2D eigenvalue weighted by atomic mass is 9.90. The minimum Gasteiger partial charge on any atom is -0.460 e. The summed E-state index contributed by atoms with van der Waals surface area (Å²) < 4.78 is 5.39. The highest BCUT2D eigenvalue weighted by Gasteiger charge is 2.25. The first-order valence-electron chi connectivity index (χ1n) is 6.50. The van der Waals surface area contributed by atoms with Crippen LogP contribution in [0.15, 0.2) is 0 Å². The molecule has 0 aromatic rings. The number of carbonyl (C=O) groups is 1. The highest BCUT2D eigenvalue weighted by atomic mass is 16.6. The molecule has 96 valence electrons.